The van der Waals surface area contributed by atoms with Gasteiger partial charge in [0.1, 0.15) is 6.33 Å². The second-order valence-electron chi connectivity index (χ2n) is 4.02. The Balaban J connectivity index is 3.03. The fraction of sp³-hybridized carbons (Fsp3) is 0.636. The summed E-state index contributed by atoms with van der Waals surface area (Å²) in [6.07, 6.45) is 1.64. The third kappa shape index (κ3) is 4.28. The van der Waals surface area contributed by atoms with Crippen LogP contribution in [-0.2, 0) is 4.74 Å². The zero-order valence-electron chi connectivity index (χ0n) is 11.5. The van der Waals surface area contributed by atoms with Gasteiger partial charge in [-0.15, -0.1) is 0 Å². The topological polar surface area (TPSA) is 122 Å². The molecule has 0 amide bonds. The SMILES string of the molecule is CCNc1ncnc(NC(CCO)COC)c1[N+](=O)[O-]. The van der Waals surface area contributed by atoms with Crippen molar-refractivity contribution < 1.29 is 14.8 Å². The Labute approximate surface area is 116 Å². The molecule has 9 heteroatoms. The van der Waals surface area contributed by atoms with E-state index in [2.05, 4.69) is 20.6 Å². The summed E-state index contributed by atoms with van der Waals surface area (Å²) >= 11 is 0. The van der Waals surface area contributed by atoms with Gasteiger partial charge in [-0.3, -0.25) is 10.1 Å². The molecule has 0 spiro atoms. The lowest BCUT2D eigenvalue weighted by Crippen LogP contribution is -2.27. The van der Waals surface area contributed by atoms with Gasteiger partial charge in [-0.1, -0.05) is 0 Å². The van der Waals surface area contributed by atoms with Crippen LogP contribution in [-0.4, -0.2) is 52.9 Å². The summed E-state index contributed by atoms with van der Waals surface area (Å²) in [4.78, 5) is 18.4. The summed E-state index contributed by atoms with van der Waals surface area (Å²) in [6.45, 7) is 2.58. The summed E-state index contributed by atoms with van der Waals surface area (Å²) < 4.78 is 5.00. The van der Waals surface area contributed by atoms with Crippen molar-refractivity contribution in [3.05, 3.63) is 16.4 Å². The van der Waals surface area contributed by atoms with Gasteiger partial charge in [0.25, 0.3) is 0 Å². The molecule has 1 aromatic rings. The molecule has 1 unspecified atom stereocenters. The molecule has 1 atom stereocenters. The summed E-state index contributed by atoms with van der Waals surface area (Å²) in [5, 5.41) is 25.9. The average molecular weight is 285 g/mol. The Morgan fingerprint density at radius 3 is 2.75 bits per heavy atom. The fourth-order valence-electron chi connectivity index (χ4n) is 1.70. The van der Waals surface area contributed by atoms with E-state index in [0.29, 0.717) is 19.6 Å². The van der Waals surface area contributed by atoms with E-state index in [4.69, 9.17) is 9.84 Å². The molecule has 0 aliphatic heterocycles. The normalized spacial score (nSPS) is 11.9. The number of nitro groups is 1. The highest BCUT2D eigenvalue weighted by Crippen LogP contribution is 2.29. The van der Waals surface area contributed by atoms with E-state index in [9.17, 15) is 10.1 Å². The van der Waals surface area contributed by atoms with Crippen LogP contribution in [0.2, 0.25) is 0 Å². The lowest BCUT2D eigenvalue weighted by molar-refractivity contribution is -0.383. The van der Waals surface area contributed by atoms with Gasteiger partial charge in [0.15, 0.2) is 0 Å². The number of aliphatic hydroxyl groups excluding tert-OH is 1. The molecule has 1 aromatic heterocycles. The van der Waals surface area contributed by atoms with Crippen molar-refractivity contribution in [1.82, 2.24) is 9.97 Å². The lowest BCUT2D eigenvalue weighted by atomic mass is 10.2. The summed E-state index contributed by atoms with van der Waals surface area (Å²) in [6, 6.07) is -0.270. The van der Waals surface area contributed by atoms with Crippen LogP contribution in [0.4, 0.5) is 17.3 Å². The lowest BCUT2D eigenvalue weighted by Gasteiger charge is -2.17. The monoisotopic (exact) mass is 285 g/mol. The number of rotatable bonds is 9. The first kappa shape index (κ1) is 16.1. The first-order valence-corrected chi connectivity index (χ1v) is 6.23. The van der Waals surface area contributed by atoms with Crippen molar-refractivity contribution in [3.8, 4) is 0 Å². The quantitative estimate of drug-likeness (QED) is 0.446. The summed E-state index contributed by atoms with van der Waals surface area (Å²) in [5.41, 5.74) is -0.214. The van der Waals surface area contributed by atoms with Gasteiger partial charge in [-0.25, -0.2) is 9.97 Å². The maximum Gasteiger partial charge on any atom is 0.353 e. The number of aliphatic hydroxyl groups is 1. The maximum atomic E-state index is 11.2. The number of aromatic nitrogens is 2. The van der Waals surface area contributed by atoms with E-state index in [1.807, 2.05) is 6.92 Å². The maximum absolute atomic E-state index is 11.2. The van der Waals surface area contributed by atoms with Crippen LogP contribution in [0.15, 0.2) is 6.33 Å². The van der Waals surface area contributed by atoms with Crippen LogP contribution in [0, 0.1) is 10.1 Å². The third-order valence-corrected chi connectivity index (χ3v) is 2.54. The van der Waals surface area contributed by atoms with E-state index >= 15 is 0 Å². The Morgan fingerprint density at radius 1 is 1.50 bits per heavy atom. The third-order valence-electron chi connectivity index (χ3n) is 2.54. The van der Waals surface area contributed by atoms with E-state index in [1.165, 1.54) is 13.4 Å². The van der Waals surface area contributed by atoms with Crippen LogP contribution in [0.5, 0.6) is 0 Å². The Morgan fingerprint density at radius 2 is 2.20 bits per heavy atom. The van der Waals surface area contributed by atoms with E-state index in [1.54, 1.807) is 0 Å². The van der Waals surface area contributed by atoms with Crippen molar-refractivity contribution >= 4 is 17.3 Å². The molecular weight excluding hydrogens is 266 g/mol. The highest BCUT2D eigenvalue weighted by atomic mass is 16.6. The molecule has 0 saturated carbocycles. The van der Waals surface area contributed by atoms with Gasteiger partial charge in [0, 0.05) is 20.3 Å². The standard InChI is InChI=1S/C11H19N5O4/c1-3-12-10-9(16(18)19)11(14-7-13-10)15-8(4-5-17)6-20-2/h7-8,17H,3-6H2,1-2H3,(H2,12,13,14,15). The molecular formula is C11H19N5O4. The largest absolute Gasteiger partial charge is 0.396 e. The van der Waals surface area contributed by atoms with E-state index in [-0.39, 0.29) is 30.0 Å². The van der Waals surface area contributed by atoms with Crippen molar-refractivity contribution in [2.24, 2.45) is 0 Å². The molecule has 0 aromatic carbocycles. The Kier molecular flexibility index (Phi) is 6.60. The molecule has 0 radical (unpaired) electrons. The predicted octanol–water partition coefficient (Wildman–Crippen LogP) is 0.626. The van der Waals surface area contributed by atoms with E-state index in [0.717, 1.165) is 0 Å². The fourth-order valence-corrected chi connectivity index (χ4v) is 1.70. The van der Waals surface area contributed by atoms with Crippen molar-refractivity contribution in [2.75, 3.05) is 37.5 Å². The minimum Gasteiger partial charge on any atom is -0.396 e. The first-order chi connectivity index (χ1) is 9.63. The number of anilines is 2. The molecule has 9 nitrogen and oxygen atoms in total. The van der Waals surface area contributed by atoms with Crippen molar-refractivity contribution in [2.45, 2.75) is 19.4 Å². The molecule has 0 aliphatic carbocycles. The molecule has 20 heavy (non-hydrogen) atoms. The van der Waals surface area contributed by atoms with Gasteiger partial charge >= 0.3 is 5.69 Å². The molecule has 0 bridgehead atoms. The average Bonchev–Trinajstić information content (AvgIpc) is 2.39. The molecule has 1 rings (SSSR count). The minimum absolute atomic E-state index is 0.0556. The molecule has 0 aliphatic rings. The van der Waals surface area contributed by atoms with Gasteiger partial charge < -0.3 is 20.5 Å². The van der Waals surface area contributed by atoms with Gasteiger partial charge in [-0.2, -0.15) is 0 Å². The van der Waals surface area contributed by atoms with Crippen molar-refractivity contribution in [1.29, 1.82) is 0 Å². The van der Waals surface area contributed by atoms with Crippen LogP contribution < -0.4 is 10.6 Å². The molecule has 3 N–H and O–H groups in total. The second-order valence-corrected chi connectivity index (χ2v) is 4.02. The first-order valence-electron chi connectivity index (χ1n) is 6.23. The molecule has 112 valence electrons. The smallest absolute Gasteiger partial charge is 0.353 e. The minimum atomic E-state index is -0.539. The van der Waals surface area contributed by atoms with Crippen LogP contribution in [0.3, 0.4) is 0 Å². The summed E-state index contributed by atoms with van der Waals surface area (Å²) in [5.74, 6) is 0.270. The Hall–Kier alpha value is -2.00. The van der Waals surface area contributed by atoms with E-state index < -0.39 is 4.92 Å². The second kappa shape index (κ2) is 8.23. The number of hydrogen-bond acceptors (Lipinski definition) is 8. The highest BCUT2D eigenvalue weighted by molar-refractivity contribution is 5.69. The zero-order chi connectivity index (χ0) is 15.0. The van der Waals surface area contributed by atoms with Crippen LogP contribution in [0.1, 0.15) is 13.3 Å². The van der Waals surface area contributed by atoms with Crippen molar-refractivity contribution in [3.63, 3.8) is 0 Å². The number of ether oxygens (including phenoxy) is 1. The summed E-state index contributed by atoms with van der Waals surface area (Å²) in [7, 11) is 1.52. The molecule has 0 fully saturated rings. The molecule has 0 saturated heterocycles. The van der Waals surface area contributed by atoms with Gasteiger partial charge in [0.2, 0.25) is 11.6 Å². The highest BCUT2D eigenvalue weighted by Gasteiger charge is 2.24. The van der Waals surface area contributed by atoms with Gasteiger partial charge in [-0.05, 0) is 13.3 Å². The van der Waals surface area contributed by atoms with Gasteiger partial charge in [0.05, 0.1) is 17.6 Å². The number of hydrogen-bond donors (Lipinski definition) is 3. The number of nitrogens with zero attached hydrogens (tertiary/aromatic N) is 3. The molecule has 1 heterocycles. The number of nitrogens with one attached hydrogen (secondary N) is 2. The van der Waals surface area contributed by atoms with Crippen LogP contribution >= 0.6 is 0 Å². The predicted molar refractivity (Wildman–Crippen MR) is 73.8 cm³/mol. The van der Waals surface area contributed by atoms with Crippen LogP contribution in [0.25, 0.3) is 0 Å². The Bertz CT molecular complexity index is 437. The number of methoxy groups -OCH3 is 1. The zero-order valence-corrected chi connectivity index (χ0v) is 11.5.